The Kier molecular flexibility index (Phi) is 4.43. The van der Waals surface area contributed by atoms with Crippen molar-refractivity contribution in [1.82, 2.24) is 9.88 Å². The molecule has 4 heteroatoms. The predicted octanol–water partition coefficient (Wildman–Crippen LogP) is 2.46. The lowest BCUT2D eigenvalue weighted by atomic mass is 9.92. The quantitative estimate of drug-likeness (QED) is 0.822. The normalized spacial score (nSPS) is 10.8. The summed E-state index contributed by atoms with van der Waals surface area (Å²) in [7, 11) is 1.77. The minimum Gasteiger partial charge on any atom is -0.342 e. The Labute approximate surface area is 108 Å². The van der Waals surface area contributed by atoms with E-state index in [9.17, 15) is 4.79 Å². The van der Waals surface area contributed by atoms with Gasteiger partial charge in [0.1, 0.15) is 6.07 Å². The van der Waals surface area contributed by atoms with Crippen molar-refractivity contribution in [2.45, 2.75) is 27.2 Å². The van der Waals surface area contributed by atoms with E-state index in [2.05, 4.69) is 25.8 Å². The van der Waals surface area contributed by atoms with Crippen molar-refractivity contribution in [1.29, 1.82) is 5.26 Å². The van der Waals surface area contributed by atoms with Crippen molar-refractivity contribution in [2.24, 2.45) is 5.41 Å². The van der Waals surface area contributed by atoms with E-state index in [-0.39, 0.29) is 11.3 Å². The Bertz CT molecular complexity index is 469. The third-order valence-corrected chi connectivity index (χ3v) is 2.66. The lowest BCUT2D eigenvalue weighted by molar-refractivity contribution is 0.0780. The molecule has 1 amide bonds. The fourth-order valence-electron chi connectivity index (χ4n) is 1.44. The molecule has 0 aliphatic rings. The molecule has 0 aromatic carbocycles. The number of pyridine rings is 1. The first-order chi connectivity index (χ1) is 8.33. The summed E-state index contributed by atoms with van der Waals surface area (Å²) >= 11 is 0. The second-order valence-corrected chi connectivity index (χ2v) is 5.61. The van der Waals surface area contributed by atoms with Gasteiger partial charge in [-0.3, -0.25) is 9.78 Å². The second-order valence-electron chi connectivity index (χ2n) is 5.61. The number of amides is 1. The fourth-order valence-corrected chi connectivity index (χ4v) is 1.44. The molecule has 0 unspecified atom stereocenters. The zero-order valence-electron chi connectivity index (χ0n) is 11.4. The van der Waals surface area contributed by atoms with Crippen molar-refractivity contribution < 1.29 is 4.79 Å². The molecule has 18 heavy (non-hydrogen) atoms. The van der Waals surface area contributed by atoms with Gasteiger partial charge < -0.3 is 4.90 Å². The van der Waals surface area contributed by atoms with Gasteiger partial charge in [0.25, 0.3) is 5.91 Å². The maximum atomic E-state index is 12.1. The molecule has 0 saturated carbocycles. The highest BCUT2D eigenvalue weighted by Crippen LogP contribution is 2.19. The number of aromatic nitrogens is 1. The van der Waals surface area contributed by atoms with E-state index in [4.69, 9.17) is 5.26 Å². The number of hydrogen-bond donors (Lipinski definition) is 0. The maximum absolute atomic E-state index is 12.1. The highest BCUT2D eigenvalue weighted by molar-refractivity contribution is 5.94. The SMILES string of the molecule is CN(CCC(C)(C)C)C(=O)c1cncc(C#N)c1. The van der Waals surface area contributed by atoms with Gasteiger partial charge in [-0.2, -0.15) is 5.26 Å². The molecule has 1 rings (SSSR count). The Morgan fingerprint density at radius 1 is 1.44 bits per heavy atom. The average Bonchev–Trinajstić information content (AvgIpc) is 2.34. The van der Waals surface area contributed by atoms with Gasteiger partial charge in [0.2, 0.25) is 0 Å². The van der Waals surface area contributed by atoms with E-state index >= 15 is 0 Å². The molecule has 0 fully saturated rings. The molecule has 1 aromatic rings. The van der Waals surface area contributed by atoms with Crippen molar-refractivity contribution in [3.63, 3.8) is 0 Å². The van der Waals surface area contributed by atoms with Crippen LogP contribution in [0, 0.1) is 16.7 Å². The third kappa shape index (κ3) is 4.17. The molecule has 0 aliphatic carbocycles. The van der Waals surface area contributed by atoms with Gasteiger partial charge in [-0.05, 0) is 17.9 Å². The van der Waals surface area contributed by atoms with Crippen LogP contribution < -0.4 is 0 Å². The van der Waals surface area contributed by atoms with Crippen LogP contribution in [0.25, 0.3) is 0 Å². The van der Waals surface area contributed by atoms with Gasteiger partial charge in [0, 0.05) is 26.0 Å². The lowest BCUT2D eigenvalue weighted by Gasteiger charge is -2.23. The summed E-state index contributed by atoms with van der Waals surface area (Å²) in [6.45, 7) is 7.12. The average molecular weight is 245 g/mol. The Balaban J connectivity index is 2.72. The minimum absolute atomic E-state index is 0.0937. The van der Waals surface area contributed by atoms with Crippen molar-refractivity contribution >= 4 is 5.91 Å². The fraction of sp³-hybridized carbons (Fsp3) is 0.500. The van der Waals surface area contributed by atoms with Crippen LogP contribution >= 0.6 is 0 Å². The van der Waals surface area contributed by atoms with Crippen LogP contribution in [0.15, 0.2) is 18.5 Å². The van der Waals surface area contributed by atoms with Crippen LogP contribution in [-0.2, 0) is 0 Å². The highest BCUT2D eigenvalue weighted by Gasteiger charge is 2.16. The van der Waals surface area contributed by atoms with Crippen LogP contribution in [-0.4, -0.2) is 29.4 Å². The van der Waals surface area contributed by atoms with Crippen molar-refractivity contribution in [2.75, 3.05) is 13.6 Å². The van der Waals surface area contributed by atoms with Crippen LogP contribution in [0.5, 0.6) is 0 Å². The first-order valence-electron chi connectivity index (χ1n) is 5.94. The van der Waals surface area contributed by atoms with E-state index in [1.807, 2.05) is 6.07 Å². The monoisotopic (exact) mass is 245 g/mol. The summed E-state index contributed by atoms with van der Waals surface area (Å²) in [5, 5.41) is 8.78. The lowest BCUT2D eigenvalue weighted by Crippen LogP contribution is -2.30. The smallest absolute Gasteiger partial charge is 0.255 e. The molecule has 0 spiro atoms. The third-order valence-electron chi connectivity index (χ3n) is 2.66. The first kappa shape index (κ1) is 14.2. The summed E-state index contributed by atoms with van der Waals surface area (Å²) in [6, 6.07) is 3.56. The zero-order valence-corrected chi connectivity index (χ0v) is 11.4. The standard InChI is InChI=1S/C14H19N3O/c1-14(2,3)5-6-17(4)13(18)12-7-11(8-15)9-16-10-12/h7,9-10H,5-6H2,1-4H3. The molecular formula is C14H19N3O. The molecule has 96 valence electrons. The Hall–Kier alpha value is -1.89. The number of nitriles is 1. The summed E-state index contributed by atoms with van der Waals surface area (Å²) < 4.78 is 0. The summed E-state index contributed by atoms with van der Waals surface area (Å²) in [5.41, 5.74) is 1.07. The predicted molar refractivity (Wildman–Crippen MR) is 70.0 cm³/mol. The van der Waals surface area contributed by atoms with E-state index in [1.54, 1.807) is 18.0 Å². The van der Waals surface area contributed by atoms with Crippen LogP contribution in [0.2, 0.25) is 0 Å². The minimum atomic E-state index is -0.0937. The van der Waals surface area contributed by atoms with Crippen LogP contribution in [0.1, 0.15) is 43.1 Å². The topological polar surface area (TPSA) is 57.0 Å². The van der Waals surface area contributed by atoms with Gasteiger partial charge >= 0.3 is 0 Å². The molecule has 0 bridgehead atoms. The molecule has 0 atom stereocenters. The second kappa shape index (κ2) is 5.63. The molecule has 0 saturated heterocycles. The molecule has 4 nitrogen and oxygen atoms in total. The maximum Gasteiger partial charge on any atom is 0.255 e. The number of nitrogens with zero attached hydrogens (tertiary/aromatic N) is 3. The largest absolute Gasteiger partial charge is 0.342 e. The first-order valence-corrected chi connectivity index (χ1v) is 5.94. The number of hydrogen-bond acceptors (Lipinski definition) is 3. The zero-order chi connectivity index (χ0) is 13.8. The number of rotatable bonds is 3. The van der Waals surface area contributed by atoms with Gasteiger partial charge in [-0.1, -0.05) is 20.8 Å². The molecule has 1 aromatic heterocycles. The van der Waals surface area contributed by atoms with Gasteiger partial charge in [-0.25, -0.2) is 0 Å². The molecule has 0 radical (unpaired) electrons. The Morgan fingerprint density at radius 3 is 2.67 bits per heavy atom. The summed E-state index contributed by atoms with van der Waals surface area (Å²) in [6.07, 6.45) is 3.88. The number of carbonyl (C=O) groups is 1. The van der Waals surface area contributed by atoms with Crippen LogP contribution in [0.3, 0.4) is 0 Å². The summed E-state index contributed by atoms with van der Waals surface area (Å²) in [5.74, 6) is -0.0937. The molecule has 0 N–H and O–H groups in total. The van der Waals surface area contributed by atoms with E-state index in [0.29, 0.717) is 17.7 Å². The molecular weight excluding hydrogens is 226 g/mol. The van der Waals surface area contributed by atoms with E-state index in [0.717, 1.165) is 6.42 Å². The number of carbonyl (C=O) groups excluding carboxylic acids is 1. The summed E-state index contributed by atoms with van der Waals surface area (Å²) in [4.78, 5) is 17.7. The van der Waals surface area contributed by atoms with Crippen molar-refractivity contribution in [3.8, 4) is 6.07 Å². The van der Waals surface area contributed by atoms with E-state index < -0.39 is 0 Å². The van der Waals surface area contributed by atoms with Crippen LogP contribution in [0.4, 0.5) is 0 Å². The molecule has 0 aliphatic heterocycles. The van der Waals surface area contributed by atoms with Gasteiger partial charge in [0.05, 0.1) is 11.1 Å². The molecule has 1 heterocycles. The van der Waals surface area contributed by atoms with E-state index in [1.165, 1.54) is 12.4 Å². The Morgan fingerprint density at radius 2 is 2.11 bits per heavy atom. The van der Waals surface area contributed by atoms with Crippen molar-refractivity contribution in [3.05, 3.63) is 29.6 Å². The van der Waals surface area contributed by atoms with Gasteiger partial charge in [-0.15, -0.1) is 0 Å². The van der Waals surface area contributed by atoms with Gasteiger partial charge in [0.15, 0.2) is 0 Å². The highest BCUT2D eigenvalue weighted by atomic mass is 16.2.